The van der Waals surface area contributed by atoms with Crippen molar-refractivity contribution in [3.8, 4) is 5.75 Å². The Kier molecular flexibility index (Phi) is 6.84. The van der Waals surface area contributed by atoms with Gasteiger partial charge < -0.3 is 10.1 Å². The van der Waals surface area contributed by atoms with Crippen molar-refractivity contribution in [3.05, 3.63) is 64.7 Å². The lowest BCUT2D eigenvalue weighted by atomic mass is 10.2. The first-order valence-electron chi connectivity index (χ1n) is 7.86. The Balaban J connectivity index is 1.99. The van der Waals surface area contributed by atoms with Gasteiger partial charge in [0.15, 0.2) is 9.84 Å². The van der Waals surface area contributed by atoms with Crippen molar-refractivity contribution in [1.29, 1.82) is 0 Å². The minimum atomic E-state index is -3.11. The second-order valence-corrected chi connectivity index (χ2v) is 8.31. The predicted molar refractivity (Wildman–Crippen MR) is 98.9 cm³/mol. The molecular formula is C18H20ClNO4S. The number of para-hydroxylation sites is 1. The van der Waals surface area contributed by atoms with Crippen LogP contribution in [-0.2, 0) is 16.4 Å². The zero-order chi connectivity index (χ0) is 18.3. The highest BCUT2D eigenvalue weighted by atomic mass is 35.5. The molecule has 25 heavy (non-hydrogen) atoms. The minimum absolute atomic E-state index is 0.0592. The maximum absolute atomic E-state index is 12.3. The van der Waals surface area contributed by atoms with Gasteiger partial charge >= 0.3 is 0 Å². The van der Waals surface area contributed by atoms with Crippen LogP contribution in [0, 0.1) is 0 Å². The van der Waals surface area contributed by atoms with Gasteiger partial charge in [-0.2, -0.15) is 0 Å². The van der Waals surface area contributed by atoms with E-state index in [-0.39, 0.29) is 24.0 Å². The van der Waals surface area contributed by atoms with E-state index in [1.54, 1.807) is 43.3 Å². The summed E-state index contributed by atoms with van der Waals surface area (Å²) >= 11 is 5.85. The largest absolute Gasteiger partial charge is 0.488 e. The number of benzene rings is 2. The summed E-state index contributed by atoms with van der Waals surface area (Å²) in [5, 5.41) is 3.26. The first-order valence-corrected chi connectivity index (χ1v) is 10.1. The first-order chi connectivity index (χ1) is 11.9. The summed E-state index contributed by atoms with van der Waals surface area (Å²) in [6.45, 7) is 1.95. The maximum atomic E-state index is 12.3. The van der Waals surface area contributed by atoms with Gasteiger partial charge in [0.2, 0.25) is 0 Å². The van der Waals surface area contributed by atoms with Crippen LogP contribution in [0.25, 0.3) is 0 Å². The van der Waals surface area contributed by atoms with E-state index in [1.165, 1.54) is 0 Å². The number of sulfone groups is 1. The highest BCUT2D eigenvalue weighted by molar-refractivity contribution is 7.91. The molecule has 0 spiro atoms. The monoisotopic (exact) mass is 381 g/mol. The minimum Gasteiger partial charge on any atom is -0.488 e. The number of carbonyl (C=O) groups excluding carboxylic acids is 1. The standard InChI is InChI=1S/C18H20ClNO4S/c1-2-25(22,23)12-11-20-18(21)16-5-3-4-6-17(16)24-13-14-7-9-15(19)10-8-14/h3-10H,2,11-13H2,1H3,(H,20,21). The fraction of sp³-hybridized carbons (Fsp3) is 0.278. The van der Waals surface area contributed by atoms with Gasteiger partial charge in [-0.25, -0.2) is 8.42 Å². The molecule has 2 rings (SSSR count). The van der Waals surface area contributed by atoms with Crippen molar-refractivity contribution in [3.63, 3.8) is 0 Å². The van der Waals surface area contributed by atoms with E-state index in [0.29, 0.717) is 22.9 Å². The second kappa shape index (κ2) is 8.87. The molecule has 2 aromatic carbocycles. The molecule has 0 fully saturated rings. The van der Waals surface area contributed by atoms with Gasteiger partial charge in [-0.05, 0) is 29.8 Å². The highest BCUT2D eigenvalue weighted by Gasteiger charge is 2.13. The third kappa shape index (κ3) is 6.07. The average molecular weight is 382 g/mol. The topological polar surface area (TPSA) is 72.5 Å². The maximum Gasteiger partial charge on any atom is 0.255 e. The lowest BCUT2D eigenvalue weighted by Crippen LogP contribution is -2.29. The van der Waals surface area contributed by atoms with Crippen LogP contribution in [0.4, 0.5) is 0 Å². The normalized spacial score (nSPS) is 11.1. The van der Waals surface area contributed by atoms with Crippen LogP contribution >= 0.6 is 11.6 Å². The molecule has 5 nitrogen and oxygen atoms in total. The van der Waals surface area contributed by atoms with Crippen LogP contribution in [0.15, 0.2) is 48.5 Å². The molecule has 134 valence electrons. The van der Waals surface area contributed by atoms with E-state index >= 15 is 0 Å². The van der Waals surface area contributed by atoms with Gasteiger partial charge in [-0.3, -0.25) is 4.79 Å². The molecule has 0 aliphatic heterocycles. The zero-order valence-corrected chi connectivity index (χ0v) is 15.4. The van der Waals surface area contributed by atoms with E-state index in [0.717, 1.165) is 5.56 Å². The van der Waals surface area contributed by atoms with E-state index in [2.05, 4.69) is 5.32 Å². The summed E-state index contributed by atoms with van der Waals surface area (Å²) < 4.78 is 28.7. The van der Waals surface area contributed by atoms with Crippen LogP contribution in [0.3, 0.4) is 0 Å². The van der Waals surface area contributed by atoms with Gasteiger partial charge in [-0.1, -0.05) is 42.8 Å². The molecule has 0 unspecified atom stereocenters. The summed E-state index contributed by atoms with van der Waals surface area (Å²) in [5.41, 5.74) is 1.29. The molecule has 7 heteroatoms. The van der Waals surface area contributed by atoms with E-state index < -0.39 is 9.84 Å². The number of nitrogens with one attached hydrogen (secondary N) is 1. The summed E-state index contributed by atoms with van der Waals surface area (Å²) in [6.07, 6.45) is 0. The van der Waals surface area contributed by atoms with Crippen molar-refractivity contribution in [2.45, 2.75) is 13.5 Å². The quantitative estimate of drug-likeness (QED) is 0.762. The van der Waals surface area contributed by atoms with Gasteiger partial charge in [0, 0.05) is 17.3 Å². The van der Waals surface area contributed by atoms with Crippen LogP contribution in [0.2, 0.25) is 5.02 Å². The molecule has 0 atom stereocenters. The fourth-order valence-corrected chi connectivity index (χ4v) is 2.91. The Hall–Kier alpha value is -2.05. The molecule has 0 saturated heterocycles. The van der Waals surface area contributed by atoms with Crippen LogP contribution < -0.4 is 10.1 Å². The number of halogens is 1. The Labute approximate surface area is 152 Å². The number of rotatable bonds is 8. The molecular weight excluding hydrogens is 362 g/mol. The molecule has 0 heterocycles. The Morgan fingerprint density at radius 1 is 1.12 bits per heavy atom. The third-order valence-electron chi connectivity index (χ3n) is 3.58. The van der Waals surface area contributed by atoms with Crippen LogP contribution in [-0.4, -0.2) is 32.4 Å². The molecule has 1 N–H and O–H groups in total. The molecule has 0 saturated carbocycles. The van der Waals surface area contributed by atoms with Gasteiger partial charge in [-0.15, -0.1) is 0 Å². The SMILES string of the molecule is CCS(=O)(=O)CCNC(=O)c1ccccc1OCc1ccc(Cl)cc1. The van der Waals surface area contributed by atoms with Crippen molar-refractivity contribution in [2.24, 2.45) is 0 Å². The number of hydrogen-bond acceptors (Lipinski definition) is 4. The van der Waals surface area contributed by atoms with Gasteiger partial charge in [0.05, 0.1) is 11.3 Å². The fourth-order valence-electron chi connectivity index (χ4n) is 2.08. The van der Waals surface area contributed by atoms with E-state index in [1.807, 2.05) is 12.1 Å². The number of amides is 1. The van der Waals surface area contributed by atoms with Crippen molar-refractivity contribution in [1.82, 2.24) is 5.32 Å². The number of hydrogen-bond donors (Lipinski definition) is 1. The smallest absolute Gasteiger partial charge is 0.255 e. The number of carbonyl (C=O) groups is 1. The zero-order valence-electron chi connectivity index (χ0n) is 13.9. The molecule has 0 aliphatic carbocycles. The Morgan fingerprint density at radius 3 is 2.48 bits per heavy atom. The lowest BCUT2D eigenvalue weighted by molar-refractivity contribution is 0.0951. The van der Waals surface area contributed by atoms with Gasteiger partial charge in [0.25, 0.3) is 5.91 Å². The third-order valence-corrected chi connectivity index (χ3v) is 5.54. The second-order valence-electron chi connectivity index (χ2n) is 5.40. The summed E-state index contributed by atoms with van der Waals surface area (Å²) in [5.74, 6) is 0.0542. The summed E-state index contributed by atoms with van der Waals surface area (Å²) in [7, 11) is -3.11. The Bertz CT molecular complexity index is 819. The van der Waals surface area contributed by atoms with Crippen molar-refractivity contribution in [2.75, 3.05) is 18.1 Å². The predicted octanol–water partition coefficient (Wildman–Crippen LogP) is 3.08. The van der Waals surface area contributed by atoms with Crippen LogP contribution in [0.5, 0.6) is 5.75 Å². The Morgan fingerprint density at radius 2 is 1.80 bits per heavy atom. The summed E-state index contributed by atoms with van der Waals surface area (Å²) in [6, 6.07) is 14.1. The summed E-state index contributed by atoms with van der Waals surface area (Å²) in [4.78, 5) is 12.3. The molecule has 0 aliphatic rings. The molecule has 0 bridgehead atoms. The lowest BCUT2D eigenvalue weighted by Gasteiger charge is -2.12. The van der Waals surface area contributed by atoms with Crippen molar-refractivity contribution >= 4 is 27.3 Å². The van der Waals surface area contributed by atoms with Gasteiger partial charge in [0.1, 0.15) is 12.4 Å². The van der Waals surface area contributed by atoms with Crippen LogP contribution in [0.1, 0.15) is 22.8 Å². The van der Waals surface area contributed by atoms with E-state index in [4.69, 9.17) is 16.3 Å². The average Bonchev–Trinajstić information content (AvgIpc) is 2.61. The van der Waals surface area contributed by atoms with E-state index in [9.17, 15) is 13.2 Å². The first kappa shape index (κ1) is 19.3. The number of ether oxygens (including phenoxy) is 1. The van der Waals surface area contributed by atoms with Crippen molar-refractivity contribution < 1.29 is 17.9 Å². The molecule has 1 amide bonds. The molecule has 0 aromatic heterocycles. The molecule has 2 aromatic rings. The molecule has 0 radical (unpaired) electrons. The highest BCUT2D eigenvalue weighted by Crippen LogP contribution is 2.20.